The standard InChI is InChI=1S/C12H11F2N5O4/c13-9(14)12-17-10(18-23-12)6-3-8(19(20)21)11(15-4-6)16-5-7-1-2-22-7/h3-4,7,9H,1-2,5H2,(H,15,16)/t7-/m0/s1. The van der Waals surface area contributed by atoms with Gasteiger partial charge in [-0.05, 0) is 6.42 Å². The molecule has 1 N–H and O–H groups in total. The highest BCUT2D eigenvalue weighted by Crippen LogP contribution is 2.28. The Hall–Kier alpha value is -2.69. The number of hydrogen-bond acceptors (Lipinski definition) is 8. The van der Waals surface area contributed by atoms with Gasteiger partial charge in [0.25, 0.3) is 5.89 Å². The van der Waals surface area contributed by atoms with E-state index in [1.54, 1.807) is 0 Å². The first-order chi connectivity index (χ1) is 11.0. The van der Waals surface area contributed by atoms with Crippen LogP contribution in [0.4, 0.5) is 20.3 Å². The highest BCUT2D eigenvalue weighted by atomic mass is 19.3. The first kappa shape index (κ1) is 15.2. The van der Waals surface area contributed by atoms with E-state index in [9.17, 15) is 18.9 Å². The molecule has 0 radical (unpaired) electrons. The van der Waals surface area contributed by atoms with Gasteiger partial charge in [0, 0.05) is 31.0 Å². The Bertz CT molecular complexity index is 719. The fourth-order valence-corrected chi connectivity index (χ4v) is 1.95. The van der Waals surface area contributed by atoms with Gasteiger partial charge in [0.15, 0.2) is 0 Å². The van der Waals surface area contributed by atoms with Crippen molar-refractivity contribution in [3.8, 4) is 11.4 Å². The first-order valence-electron chi connectivity index (χ1n) is 6.66. The van der Waals surface area contributed by atoms with Gasteiger partial charge in [-0.1, -0.05) is 5.16 Å². The zero-order valence-electron chi connectivity index (χ0n) is 11.6. The van der Waals surface area contributed by atoms with Crippen LogP contribution in [0.25, 0.3) is 11.4 Å². The number of aromatic nitrogens is 3. The molecule has 0 aliphatic carbocycles. The van der Waals surface area contributed by atoms with E-state index < -0.39 is 17.2 Å². The van der Waals surface area contributed by atoms with Crippen molar-refractivity contribution in [3.63, 3.8) is 0 Å². The number of nitro groups is 1. The first-order valence-corrected chi connectivity index (χ1v) is 6.66. The summed E-state index contributed by atoms with van der Waals surface area (Å²) in [5.41, 5.74) is -0.206. The summed E-state index contributed by atoms with van der Waals surface area (Å²) >= 11 is 0. The van der Waals surface area contributed by atoms with Gasteiger partial charge in [-0.25, -0.2) is 4.98 Å². The quantitative estimate of drug-likeness (QED) is 0.634. The Morgan fingerprint density at radius 2 is 2.30 bits per heavy atom. The number of anilines is 1. The lowest BCUT2D eigenvalue weighted by molar-refractivity contribution is -0.384. The molecule has 122 valence electrons. The number of rotatable bonds is 6. The largest absolute Gasteiger partial charge is 0.376 e. The fraction of sp³-hybridized carbons (Fsp3) is 0.417. The third kappa shape index (κ3) is 3.23. The molecule has 3 rings (SSSR count). The van der Waals surface area contributed by atoms with E-state index in [-0.39, 0.29) is 29.0 Å². The van der Waals surface area contributed by atoms with Crippen molar-refractivity contribution in [3.05, 3.63) is 28.3 Å². The Balaban J connectivity index is 1.84. The number of nitrogens with zero attached hydrogens (tertiary/aromatic N) is 4. The third-order valence-corrected chi connectivity index (χ3v) is 3.24. The Labute approximate surface area is 127 Å². The molecule has 2 aromatic rings. The zero-order valence-corrected chi connectivity index (χ0v) is 11.6. The average Bonchev–Trinajstić information content (AvgIpc) is 2.95. The number of nitrogens with one attached hydrogen (secondary N) is 1. The third-order valence-electron chi connectivity index (χ3n) is 3.24. The van der Waals surface area contributed by atoms with Crippen LogP contribution in [0, 0.1) is 10.1 Å². The van der Waals surface area contributed by atoms with Crippen molar-refractivity contribution in [2.45, 2.75) is 19.0 Å². The topological polar surface area (TPSA) is 116 Å². The molecule has 23 heavy (non-hydrogen) atoms. The lowest BCUT2D eigenvalue weighted by atomic mass is 10.2. The van der Waals surface area contributed by atoms with Gasteiger partial charge < -0.3 is 14.6 Å². The van der Waals surface area contributed by atoms with Gasteiger partial charge >= 0.3 is 12.1 Å². The summed E-state index contributed by atoms with van der Waals surface area (Å²) in [5, 5.41) is 17.4. The molecule has 1 fully saturated rings. The van der Waals surface area contributed by atoms with Crippen molar-refractivity contribution in [2.24, 2.45) is 0 Å². The molecule has 0 spiro atoms. The number of halogens is 2. The van der Waals surface area contributed by atoms with E-state index >= 15 is 0 Å². The van der Waals surface area contributed by atoms with Crippen molar-refractivity contribution in [2.75, 3.05) is 18.5 Å². The Morgan fingerprint density at radius 1 is 1.52 bits per heavy atom. The summed E-state index contributed by atoms with van der Waals surface area (Å²) < 4.78 is 34.5. The van der Waals surface area contributed by atoms with Crippen LogP contribution >= 0.6 is 0 Å². The van der Waals surface area contributed by atoms with E-state index in [0.29, 0.717) is 13.2 Å². The number of pyridine rings is 1. The van der Waals surface area contributed by atoms with Crippen molar-refractivity contribution in [1.29, 1.82) is 0 Å². The predicted molar refractivity (Wildman–Crippen MR) is 72.0 cm³/mol. The second-order valence-corrected chi connectivity index (χ2v) is 4.77. The molecule has 1 atom stereocenters. The van der Waals surface area contributed by atoms with Gasteiger partial charge in [0.2, 0.25) is 11.6 Å². The summed E-state index contributed by atoms with van der Waals surface area (Å²) in [6, 6.07) is 1.15. The zero-order chi connectivity index (χ0) is 16.4. The molecule has 2 aromatic heterocycles. The number of ether oxygens (including phenoxy) is 1. The van der Waals surface area contributed by atoms with Gasteiger partial charge in [-0.3, -0.25) is 10.1 Å². The molecule has 0 aromatic carbocycles. The molecular formula is C12H11F2N5O4. The molecular weight excluding hydrogens is 316 g/mol. The van der Waals surface area contributed by atoms with Gasteiger partial charge in [0.05, 0.1) is 11.0 Å². The molecule has 1 aliphatic heterocycles. The van der Waals surface area contributed by atoms with Gasteiger partial charge in [0.1, 0.15) is 0 Å². The predicted octanol–water partition coefficient (Wildman–Crippen LogP) is 2.18. The van der Waals surface area contributed by atoms with E-state index in [1.165, 1.54) is 6.20 Å². The van der Waals surface area contributed by atoms with Crippen LogP contribution in [0.5, 0.6) is 0 Å². The van der Waals surface area contributed by atoms with E-state index in [1.807, 2.05) is 0 Å². The highest BCUT2D eigenvalue weighted by Gasteiger charge is 2.23. The molecule has 1 saturated heterocycles. The lowest BCUT2D eigenvalue weighted by Crippen LogP contribution is -2.33. The summed E-state index contributed by atoms with van der Waals surface area (Å²) in [7, 11) is 0. The maximum atomic E-state index is 12.4. The van der Waals surface area contributed by atoms with Crippen LogP contribution in [0.1, 0.15) is 18.7 Å². The van der Waals surface area contributed by atoms with Crippen molar-refractivity contribution < 1.29 is 23.0 Å². The fourth-order valence-electron chi connectivity index (χ4n) is 1.95. The monoisotopic (exact) mass is 327 g/mol. The van der Waals surface area contributed by atoms with Crippen LogP contribution in [-0.4, -0.2) is 39.3 Å². The summed E-state index contributed by atoms with van der Waals surface area (Å²) in [6.45, 7) is 1.07. The SMILES string of the molecule is O=[N+]([O-])c1cc(-c2noc(C(F)F)n2)cnc1NC[C@@H]1CCO1. The summed E-state index contributed by atoms with van der Waals surface area (Å²) in [5.74, 6) is -0.983. The smallest absolute Gasteiger partial charge is 0.315 e. The Kier molecular flexibility index (Phi) is 4.10. The molecule has 1 aliphatic rings. The van der Waals surface area contributed by atoms with Crippen molar-refractivity contribution >= 4 is 11.5 Å². The average molecular weight is 327 g/mol. The maximum absolute atomic E-state index is 12.4. The lowest BCUT2D eigenvalue weighted by Gasteiger charge is -2.26. The van der Waals surface area contributed by atoms with E-state index in [4.69, 9.17) is 4.74 Å². The number of hydrogen-bond donors (Lipinski definition) is 1. The van der Waals surface area contributed by atoms with Crippen LogP contribution < -0.4 is 5.32 Å². The van der Waals surface area contributed by atoms with Crippen LogP contribution in [0.2, 0.25) is 0 Å². The van der Waals surface area contributed by atoms with E-state index in [0.717, 1.165) is 12.5 Å². The molecule has 0 saturated carbocycles. The second-order valence-electron chi connectivity index (χ2n) is 4.77. The van der Waals surface area contributed by atoms with Crippen LogP contribution in [0.3, 0.4) is 0 Å². The number of alkyl halides is 2. The Morgan fingerprint density at radius 3 is 2.87 bits per heavy atom. The van der Waals surface area contributed by atoms with Gasteiger partial charge in [-0.2, -0.15) is 13.8 Å². The molecule has 0 bridgehead atoms. The maximum Gasteiger partial charge on any atom is 0.315 e. The van der Waals surface area contributed by atoms with Gasteiger partial charge in [-0.15, -0.1) is 0 Å². The molecule has 9 nitrogen and oxygen atoms in total. The normalized spacial score (nSPS) is 17.1. The minimum atomic E-state index is -2.91. The van der Waals surface area contributed by atoms with E-state index in [2.05, 4.69) is 25.0 Å². The van der Waals surface area contributed by atoms with Crippen LogP contribution in [-0.2, 0) is 4.74 Å². The van der Waals surface area contributed by atoms with Crippen LogP contribution in [0.15, 0.2) is 16.8 Å². The second kappa shape index (κ2) is 6.20. The molecule has 0 amide bonds. The molecule has 3 heterocycles. The van der Waals surface area contributed by atoms with Crippen molar-refractivity contribution in [1.82, 2.24) is 15.1 Å². The minimum Gasteiger partial charge on any atom is -0.376 e. The molecule has 11 heteroatoms. The highest BCUT2D eigenvalue weighted by molar-refractivity contribution is 5.65. The minimum absolute atomic E-state index is 0.00175. The summed E-state index contributed by atoms with van der Waals surface area (Å²) in [4.78, 5) is 17.9. The molecule has 0 unspecified atom stereocenters. The summed E-state index contributed by atoms with van der Waals surface area (Å²) in [6.07, 6.45) is -0.792.